The average Bonchev–Trinajstić information content (AvgIpc) is 1.65. The molecule has 0 aromatic heterocycles. The number of rotatable bonds is 2. The third kappa shape index (κ3) is 2.42. The molecule has 0 spiro atoms. The van der Waals surface area contributed by atoms with Crippen LogP contribution in [0.25, 0.3) is 0 Å². The molecule has 0 bridgehead atoms. The van der Waals surface area contributed by atoms with Gasteiger partial charge in [-0.1, -0.05) is 13.0 Å². The fourth-order valence-electron chi connectivity index (χ4n) is 0.289. The van der Waals surface area contributed by atoms with E-state index < -0.39 is 0 Å². The zero-order valence-electron chi connectivity index (χ0n) is 4.57. The van der Waals surface area contributed by atoms with Crippen LogP contribution in [0.15, 0.2) is 0 Å². The van der Waals surface area contributed by atoms with Crippen molar-refractivity contribution in [1.29, 1.82) is 0 Å². The van der Waals surface area contributed by atoms with Crippen molar-refractivity contribution in [2.24, 2.45) is 5.73 Å². The van der Waals surface area contributed by atoms with E-state index in [1.165, 1.54) is 16.3 Å². The van der Waals surface area contributed by atoms with Gasteiger partial charge in [0.2, 0.25) is 0 Å². The highest BCUT2D eigenvalue weighted by molar-refractivity contribution is 6.08. The van der Waals surface area contributed by atoms with Crippen molar-refractivity contribution in [2.75, 3.05) is 0 Å². The van der Waals surface area contributed by atoms with Gasteiger partial charge in [0, 0.05) is 16.3 Å². The Bertz CT molecular complexity index is 26.7. The molecule has 0 radical (unpaired) electrons. The number of nitrogens with two attached hydrogens (primary N) is 1. The highest BCUT2D eigenvalue weighted by atomic mass is 28.1. The van der Waals surface area contributed by atoms with E-state index >= 15 is 0 Å². The molecule has 0 saturated carbocycles. The van der Waals surface area contributed by atoms with Crippen LogP contribution in [0.5, 0.6) is 0 Å². The van der Waals surface area contributed by atoms with Crippen LogP contribution in [0, 0.1) is 0 Å². The molecule has 1 atom stereocenters. The summed E-state index contributed by atoms with van der Waals surface area (Å²) in [4.78, 5) is 0. The largest absolute Gasteiger partial charge is 0.328 e. The SMILES string of the molecule is CCC(N)C[SiH3]. The quantitative estimate of drug-likeness (QED) is 0.469. The Kier molecular flexibility index (Phi) is 3.47. The molecular weight excluding hydrogens is 90.1 g/mol. The van der Waals surface area contributed by atoms with Crippen molar-refractivity contribution in [3.05, 3.63) is 0 Å². The van der Waals surface area contributed by atoms with Crippen molar-refractivity contribution in [3.63, 3.8) is 0 Å². The van der Waals surface area contributed by atoms with Crippen molar-refractivity contribution in [1.82, 2.24) is 0 Å². The average molecular weight is 103 g/mol. The normalized spacial score (nSPS) is 15.0. The molecule has 0 amide bonds. The summed E-state index contributed by atoms with van der Waals surface area (Å²) in [5.41, 5.74) is 5.51. The third-order valence-electron chi connectivity index (χ3n) is 1.05. The molecule has 1 nitrogen and oxygen atoms in total. The maximum atomic E-state index is 5.51. The zero-order valence-corrected chi connectivity index (χ0v) is 6.57. The third-order valence-corrected chi connectivity index (χ3v) is 2.10. The van der Waals surface area contributed by atoms with Gasteiger partial charge in [-0.3, -0.25) is 0 Å². The summed E-state index contributed by atoms with van der Waals surface area (Å²) in [5, 5.41) is 0. The Morgan fingerprint density at radius 1 is 1.83 bits per heavy atom. The van der Waals surface area contributed by atoms with E-state index in [4.69, 9.17) is 5.73 Å². The van der Waals surface area contributed by atoms with Crippen LogP contribution in [-0.2, 0) is 0 Å². The predicted octanol–water partition coefficient (Wildman–Crippen LogP) is -0.493. The smallest absolute Gasteiger partial charge is 0.00476 e. The number of hydrogen-bond donors (Lipinski definition) is 1. The fraction of sp³-hybridized carbons (Fsp3) is 1.00. The molecule has 6 heavy (non-hydrogen) atoms. The van der Waals surface area contributed by atoms with E-state index in [1.807, 2.05) is 0 Å². The summed E-state index contributed by atoms with van der Waals surface area (Å²) in [6.45, 7) is 2.13. The molecule has 2 heteroatoms. The Hall–Kier alpha value is 0.177. The van der Waals surface area contributed by atoms with Gasteiger partial charge in [-0.2, -0.15) is 0 Å². The van der Waals surface area contributed by atoms with E-state index in [0.717, 1.165) is 6.42 Å². The molecule has 0 aliphatic rings. The van der Waals surface area contributed by atoms with Gasteiger partial charge in [0.1, 0.15) is 0 Å². The molecule has 2 N–H and O–H groups in total. The van der Waals surface area contributed by atoms with Crippen LogP contribution in [0.2, 0.25) is 6.04 Å². The fourth-order valence-corrected chi connectivity index (χ4v) is 0.866. The predicted molar refractivity (Wildman–Crippen MR) is 33.0 cm³/mol. The second kappa shape index (κ2) is 3.37. The summed E-state index contributed by atoms with van der Waals surface area (Å²) >= 11 is 0. The van der Waals surface area contributed by atoms with Crippen molar-refractivity contribution in [3.8, 4) is 0 Å². The van der Waals surface area contributed by atoms with Crippen LogP contribution in [0.3, 0.4) is 0 Å². The lowest BCUT2D eigenvalue weighted by Crippen LogP contribution is -2.16. The second-order valence-corrected chi connectivity index (χ2v) is 2.39. The molecule has 0 aromatic carbocycles. The Labute approximate surface area is 42.3 Å². The minimum Gasteiger partial charge on any atom is -0.328 e. The molecule has 0 saturated heterocycles. The van der Waals surface area contributed by atoms with Gasteiger partial charge in [-0.15, -0.1) is 0 Å². The molecule has 1 unspecified atom stereocenters. The zero-order chi connectivity index (χ0) is 4.99. The topological polar surface area (TPSA) is 26.0 Å². The minimum absolute atomic E-state index is 0.497. The first-order valence-electron chi connectivity index (χ1n) is 2.56. The highest BCUT2D eigenvalue weighted by Crippen LogP contribution is 1.86. The van der Waals surface area contributed by atoms with E-state index in [-0.39, 0.29) is 0 Å². The molecule has 0 aromatic rings. The molecule has 38 valence electrons. The number of hydrogen-bond acceptors (Lipinski definition) is 1. The van der Waals surface area contributed by atoms with E-state index in [2.05, 4.69) is 6.92 Å². The summed E-state index contributed by atoms with van der Waals surface area (Å²) in [5.74, 6) is 0. The van der Waals surface area contributed by atoms with Crippen molar-refractivity contribution < 1.29 is 0 Å². The molecule has 0 rings (SSSR count). The maximum Gasteiger partial charge on any atom is 0.00476 e. The maximum absolute atomic E-state index is 5.51. The van der Waals surface area contributed by atoms with Gasteiger partial charge in [-0.05, 0) is 6.42 Å². The van der Waals surface area contributed by atoms with Gasteiger partial charge in [0.25, 0.3) is 0 Å². The summed E-state index contributed by atoms with van der Waals surface area (Å²) in [7, 11) is 1.26. The van der Waals surface area contributed by atoms with Crippen LogP contribution < -0.4 is 5.73 Å². The van der Waals surface area contributed by atoms with Gasteiger partial charge in [-0.25, -0.2) is 0 Å². The van der Waals surface area contributed by atoms with Crippen molar-refractivity contribution in [2.45, 2.75) is 25.4 Å². The standard InChI is InChI=1S/C4H13NSi/c1-2-4(5)3-6/h4H,2-3,5H2,1,6H3. The first-order chi connectivity index (χ1) is 2.81. The summed E-state index contributed by atoms with van der Waals surface area (Å²) < 4.78 is 0. The van der Waals surface area contributed by atoms with E-state index in [9.17, 15) is 0 Å². The van der Waals surface area contributed by atoms with Crippen molar-refractivity contribution >= 4 is 10.2 Å². The first-order valence-corrected chi connectivity index (χ1v) is 3.98. The van der Waals surface area contributed by atoms with E-state index in [0.29, 0.717) is 6.04 Å². The van der Waals surface area contributed by atoms with Crippen LogP contribution >= 0.6 is 0 Å². The Morgan fingerprint density at radius 3 is 2.33 bits per heavy atom. The van der Waals surface area contributed by atoms with E-state index in [1.54, 1.807) is 0 Å². The first kappa shape index (κ1) is 6.18. The van der Waals surface area contributed by atoms with Gasteiger partial charge in [0.15, 0.2) is 0 Å². The molecule has 0 aliphatic heterocycles. The summed E-state index contributed by atoms with van der Waals surface area (Å²) in [6, 6.07) is 1.74. The van der Waals surface area contributed by atoms with Gasteiger partial charge >= 0.3 is 0 Å². The minimum atomic E-state index is 0.497. The van der Waals surface area contributed by atoms with Gasteiger partial charge in [0.05, 0.1) is 0 Å². The molecular formula is C4H13NSi. The lowest BCUT2D eigenvalue weighted by molar-refractivity contribution is 0.714. The molecule has 0 fully saturated rings. The highest BCUT2D eigenvalue weighted by Gasteiger charge is 1.88. The molecule has 0 aliphatic carbocycles. The van der Waals surface area contributed by atoms with Crippen LogP contribution in [-0.4, -0.2) is 16.3 Å². The Morgan fingerprint density at radius 2 is 2.33 bits per heavy atom. The Balaban J connectivity index is 2.75. The second-order valence-electron chi connectivity index (χ2n) is 1.58. The van der Waals surface area contributed by atoms with Crippen LogP contribution in [0.1, 0.15) is 13.3 Å². The lowest BCUT2D eigenvalue weighted by atomic mass is 10.3. The monoisotopic (exact) mass is 103 g/mol. The molecule has 0 heterocycles. The van der Waals surface area contributed by atoms with Gasteiger partial charge < -0.3 is 5.73 Å². The lowest BCUT2D eigenvalue weighted by Gasteiger charge is -1.99. The summed E-state index contributed by atoms with van der Waals surface area (Å²) in [6.07, 6.45) is 1.14. The van der Waals surface area contributed by atoms with Crippen LogP contribution in [0.4, 0.5) is 0 Å².